The number of piperidine rings is 1. The molecule has 0 atom stereocenters. The van der Waals surface area contributed by atoms with E-state index in [1.165, 1.54) is 5.56 Å². The van der Waals surface area contributed by atoms with Gasteiger partial charge in [0.1, 0.15) is 5.82 Å². The van der Waals surface area contributed by atoms with E-state index in [1.54, 1.807) is 4.52 Å². The molecule has 1 fully saturated rings. The highest BCUT2D eigenvalue weighted by Gasteiger charge is 2.22. The van der Waals surface area contributed by atoms with Gasteiger partial charge in [0.2, 0.25) is 0 Å². The van der Waals surface area contributed by atoms with Crippen molar-refractivity contribution in [1.82, 2.24) is 19.5 Å². The number of benzene rings is 1. The minimum atomic E-state index is 0.496. The van der Waals surface area contributed by atoms with Gasteiger partial charge in [-0.1, -0.05) is 30.3 Å². The summed E-state index contributed by atoms with van der Waals surface area (Å²) in [6, 6.07) is 14.7. The second kappa shape index (κ2) is 6.84. The Morgan fingerprint density at radius 2 is 1.88 bits per heavy atom. The summed E-state index contributed by atoms with van der Waals surface area (Å²) in [7, 11) is 0. The zero-order valence-electron chi connectivity index (χ0n) is 14.7. The first-order valence-electron chi connectivity index (χ1n) is 9.08. The number of nitrogens with two attached hydrogens (primary N) is 1. The van der Waals surface area contributed by atoms with Crippen LogP contribution in [0.25, 0.3) is 5.65 Å². The molecule has 2 aromatic heterocycles. The number of aromatic nitrogens is 3. The van der Waals surface area contributed by atoms with Gasteiger partial charge in [0.25, 0.3) is 0 Å². The Kier molecular flexibility index (Phi) is 4.40. The van der Waals surface area contributed by atoms with Crippen LogP contribution < -0.4 is 5.73 Å². The molecule has 0 unspecified atom stereocenters. The van der Waals surface area contributed by atoms with Gasteiger partial charge in [0.15, 0.2) is 5.65 Å². The number of fused-ring (bicyclic) bond motifs is 1. The molecule has 0 bridgehead atoms. The molecule has 130 valence electrons. The molecule has 1 aliphatic heterocycles. The van der Waals surface area contributed by atoms with E-state index in [-0.39, 0.29) is 0 Å². The van der Waals surface area contributed by atoms with Gasteiger partial charge in [0.05, 0.1) is 5.69 Å². The molecular weight excluding hydrogens is 310 g/mol. The zero-order chi connectivity index (χ0) is 17.2. The van der Waals surface area contributed by atoms with E-state index >= 15 is 0 Å². The van der Waals surface area contributed by atoms with Gasteiger partial charge in [0, 0.05) is 30.3 Å². The molecule has 0 spiro atoms. The van der Waals surface area contributed by atoms with Crippen molar-refractivity contribution in [3.63, 3.8) is 0 Å². The maximum atomic E-state index is 6.17. The second-order valence-electron chi connectivity index (χ2n) is 7.01. The molecule has 2 N–H and O–H groups in total. The maximum absolute atomic E-state index is 6.17. The molecule has 0 saturated carbocycles. The van der Waals surface area contributed by atoms with Gasteiger partial charge in [-0.15, -0.1) is 0 Å². The highest BCUT2D eigenvalue weighted by molar-refractivity contribution is 5.48. The number of aryl methyl sites for hydroxylation is 1. The summed E-state index contributed by atoms with van der Waals surface area (Å²) in [5, 5.41) is 4.39. The molecule has 1 saturated heterocycles. The van der Waals surface area contributed by atoms with Crippen molar-refractivity contribution < 1.29 is 0 Å². The van der Waals surface area contributed by atoms with Crippen LogP contribution in [0.5, 0.6) is 0 Å². The molecule has 1 aromatic carbocycles. The van der Waals surface area contributed by atoms with Crippen LogP contribution in [0.15, 0.2) is 42.5 Å². The lowest BCUT2D eigenvalue weighted by Gasteiger charge is -2.31. The molecule has 5 heteroatoms. The fraction of sp³-hybridized carbons (Fsp3) is 0.400. The fourth-order valence-electron chi connectivity index (χ4n) is 3.73. The average Bonchev–Trinajstić information content (AvgIpc) is 3.02. The minimum absolute atomic E-state index is 0.496. The maximum Gasteiger partial charge on any atom is 0.157 e. The topological polar surface area (TPSA) is 59.5 Å². The predicted octanol–water partition coefficient (Wildman–Crippen LogP) is 3.04. The summed E-state index contributed by atoms with van der Waals surface area (Å²) in [6.45, 7) is 5.36. The number of rotatable bonds is 4. The lowest BCUT2D eigenvalue weighted by atomic mass is 9.93. The number of nitrogen functional groups attached to an aromatic ring is 1. The summed E-state index contributed by atoms with van der Waals surface area (Å²) in [5.74, 6) is 1.18. The van der Waals surface area contributed by atoms with Crippen LogP contribution in [0.1, 0.15) is 35.7 Å². The Morgan fingerprint density at radius 3 is 2.64 bits per heavy atom. The number of likely N-dealkylation sites (tertiary alicyclic amines) is 1. The quantitative estimate of drug-likeness (QED) is 0.796. The van der Waals surface area contributed by atoms with Gasteiger partial charge in [-0.25, -0.2) is 4.98 Å². The number of hydrogen-bond donors (Lipinski definition) is 1. The van der Waals surface area contributed by atoms with Gasteiger partial charge in [-0.2, -0.15) is 9.61 Å². The van der Waals surface area contributed by atoms with Crippen LogP contribution in [0.2, 0.25) is 0 Å². The minimum Gasteiger partial charge on any atom is -0.384 e. The van der Waals surface area contributed by atoms with Gasteiger partial charge < -0.3 is 10.6 Å². The Balaban J connectivity index is 1.38. The third kappa shape index (κ3) is 3.51. The van der Waals surface area contributed by atoms with Crippen molar-refractivity contribution in [3.05, 3.63) is 59.4 Å². The van der Waals surface area contributed by atoms with Crippen molar-refractivity contribution >= 4 is 11.5 Å². The van der Waals surface area contributed by atoms with E-state index in [9.17, 15) is 0 Å². The van der Waals surface area contributed by atoms with Crippen molar-refractivity contribution in [2.24, 2.45) is 0 Å². The highest BCUT2D eigenvalue weighted by atomic mass is 15.3. The lowest BCUT2D eigenvalue weighted by Crippen LogP contribution is -2.34. The monoisotopic (exact) mass is 335 g/mol. The third-order valence-electron chi connectivity index (χ3n) is 5.16. The van der Waals surface area contributed by atoms with Gasteiger partial charge >= 0.3 is 0 Å². The largest absolute Gasteiger partial charge is 0.384 e. The standard InChI is InChI=1S/C20H25N5/c1-15-13-20-22-18(14-19(21)25(20)23-15)17-8-11-24(12-9-17)10-7-16-5-3-2-4-6-16/h2-6,13-14,17H,7-12,21H2,1H3. The molecule has 3 heterocycles. The first-order valence-corrected chi connectivity index (χ1v) is 9.08. The first-order chi connectivity index (χ1) is 12.2. The van der Waals surface area contributed by atoms with Crippen molar-refractivity contribution in [2.75, 3.05) is 25.4 Å². The molecule has 0 aliphatic carbocycles. The Hall–Kier alpha value is -2.40. The lowest BCUT2D eigenvalue weighted by molar-refractivity contribution is 0.213. The molecule has 0 radical (unpaired) electrons. The predicted molar refractivity (Wildman–Crippen MR) is 101 cm³/mol. The summed E-state index contributed by atoms with van der Waals surface area (Å²) in [5.41, 5.74) is 10.5. The van der Waals surface area contributed by atoms with E-state index in [0.717, 1.165) is 55.9 Å². The van der Waals surface area contributed by atoms with E-state index in [4.69, 9.17) is 10.7 Å². The highest BCUT2D eigenvalue weighted by Crippen LogP contribution is 2.28. The molecule has 1 aliphatic rings. The molecule has 5 nitrogen and oxygen atoms in total. The van der Waals surface area contributed by atoms with Gasteiger partial charge in [-0.05, 0) is 44.8 Å². The van der Waals surface area contributed by atoms with Crippen molar-refractivity contribution in [3.8, 4) is 0 Å². The van der Waals surface area contributed by atoms with Crippen molar-refractivity contribution in [1.29, 1.82) is 0 Å². The van der Waals surface area contributed by atoms with Crippen LogP contribution in [-0.2, 0) is 6.42 Å². The summed E-state index contributed by atoms with van der Waals surface area (Å²) >= 11 is 0. The SMILES string of the molecule is Cc1cc2nc(C3CCN(CCc4ccccc4)CC3)cc(N)n2n1. The van der Waals surface area contributed by atoms with Crippen LogP contribution >= 0.6 is 0 Å². The zero-order valence-corrected chi connectivity index (χ0v) is 14.7. The number of hydrogen-bond acceptors (Lipinski definition) is 4. The van der Waals surface area contributed by atoms with E-state index < -0.39 is 0 Å². The smallest absolute Gasteiger partial charge is 0.157 e. The normalized spacial score (nSPS) is 16.5. The van der Waals surface area contributed by atoms with Crippen LogP contribution in [0.4, 0.5) is 5.82 Å². The third-order valence-corrected chi connectivity index (χ3v) is 5.16. The Labute approximate surface area is 148 Å². The Morgan fingerprint density at radius 1 is 1.12 bits per heavy atom. The molecule has 4 rings (SSSR count). The van der Waals surface area contributed by atoms with E-state index in [1.807, 2.05) is 19.1 Å². The molecule has 25 heavy (non-hydrogen) atoms. The summed E-state index contributed by atoms with van der Waals surface area (Å²) in [6.07, 6.45) is 3.41. The van der Waals surface area contributed by atoms with Crippen LogP contribution in [0.3, 0.4) is 0 Å². The summed E-state index contributed by atoms with van der Waals surface area (Å²) in [4.78, 5) is 7.36. The fourth-order valence-corrected chi connectivity index (χ4v) is 3.73. The number of anilines is 1. The number of nitrogens with zero attached hydrogens (tertiary/aromatic N) is 4. The Bertz CT molecular complexity index is 847. The van der Waals surface area contributed by atoms with Gasteiger partial charge in [-0.3, -0.25) is 0 Å². The molecule has 3 aromatic rings. The van der Waals surface area contributed by atoms with Crippen molar-refractivity contribution in [2.45, 2.75) is 32.1 Å². The van der Waals surface area contributed by atoms with Crippen LogP contribution in [-0.4, -0.2) is 39.1 Å². The van der Waals surface area contributed by atoms with E-state index in [2.05, 4.69) is 40.3 Å². The molecular formula is C20H25N5. The van der Waals surface area contributed by atoms with E-state index in [0.29, 0.717) is 11.7 Å². The first kappa shape index (κ1) is 16.1. The second-order valence-corrected chi connectivity index (χ2v) is 7.01. The van der Waals surface area contributed by atoms with Crippen LogP contribution in [0, 0.1) is 6.92 Å². The average molecular weight is 335 g/mol. The summed E-state index contributed by atoms with van der Waals surface area (Å²) < 4.78 is 1.73. The molecule has 0 amide bonds.